The second-order valence-electron chi connectivity index (χ2n) is 3.28. The molecular weight excluding hydrogens is 290 g/mol. The van der Waals surface area contributed by atoms with Gasteiger partial charge >= 0.3 is 0 Å². The van der Waals surface area contributed by atoms with Crippen LogP contribution in [0.15, 0.2) is 5.38 Å². The summed E-state index contributed by atoms with van der Waals surface area (Å²) in [6.07, 6.45) is 0. The average molecular weight is 301 g/mol. The van der Waals surface area contributed by atoms with Gasteiger partial charge in [0.1, 0.15) is 0 Å². The Morgan fingerprint density at radius 3 is 2.12 bits per heavy atom. The summed E-state index contributed by atoms with van der Waals surface area (Å²) in [7, 11) is -7.62. The van der Waals surface area contributed by atoms with Gasteiger partial charge in [0.25, 0.3) is 0 Å². The van der Waals surface area contributed by atoms with Crippen LogP contribution >= 0.6 is 11.3 Å². The largest absolute Gasteiger partial charge is 0.291 e. The maximum atomic E-state index is 11.0. The highest BCUT2D eigenvalue weighted by Gasteiger charge is 2.19. The highest BCUT2D eigenvalue weighted by molar-refractivity contribution is 7.88. The highest BCUT2D eigenvalue weighted by Crippen LogP contribution is 2.29. The lowest BCUT2D eigenvalue weighted by atomic mass is 10.3. The number of thiophene rings is 1. The molecule has 0 atom stereocenters. The van der Waals surface area contributed by atoms with Crippen molar-refractivity contribution >= 4 is 37.1 Å². The fraction of sp³-hybridized carbons (Fsp3) is 0.333. The second kappa shape index (κ2) is 4.88. The van der Waals surface area contributed by atoms with Gasteiger partial charge in [-0.1, -0.05) is 0 Å². The summed E-state index contributed by atoms with van der Waals surface area (Å²) in [4.78, 5) is 0.220. The fourth-order valence-electron chi connectivity index (χ4n) is 1.18. The molecule has 1 aromatic rings. The summed E-state index contributed by atoms with van der Waals surface area (Å²) < 4.78 is 43.8. The molecule has 1 aromatic heterocycles. The van der Waals surface area contributed by atoms with Gasteiger partial charge in [-0.15, -0.1) is 11.3 Å². The number of anilines is 1. The molecule has 0 aliphatic heterocycles. The third kappa shape index (κ3) is 4.57. The van der Waals surface area contributed by atoms with Crippen molar-refractivity contribution in [2.24, 2.45) is 10.3 Å². The molecule has 0 spiro atoms. The van der Waals surface area contributed by atoms with Gasteiger partial charge in [-0.05, 0) is 0 Å². The SMILES string of the molecule is NS(=O)(=O)Cc1scc(NO)c1CS(N)(=O)=O. The Hall–Kier alpha value is -0.720. The Bertz CT molecular complexity index is 603. The van der Waals surface area contributed by atoms with Crippen molar-refractivity contribution in [1.29, 1.82) is 0 Å². The van der Waals surface area contributed by atoms with Gasteiger partial charge in [0.15, 0.2) is 0 Å². The Kier molecular flexibility index (Phi) is 4.11. The van der Waals surface area contributed by atoms with Crippen LogP contribution in [0.25, 0.3) is 0 Å². The highest BCUT2D eigenvalue weighted by atomic mass is 32.2. The van der Waals surface area contributed by atoms with E-state index in [4.69, 9.17) is 15.5 Å². The summed E-state index contributed by atoms with van der Waals surface area (Å²) in [6.45, 7) is 0. The van der Waals surface area contributed by atoms with Crippen molar-refractivity contribution in [1.82, 2.24) is 0 Å². The molecule has 1 heterocycles. The topological polar surface area (TPSA) is 153 Å². The van der Waals surface area contributed by atoms with Crippen molar-refractivity contribution in [3.8, 4) is 0 Å². The number of rotatable bonds is 5. The molecule has 0 aliphatic rings. The zero-order valence-corrected chi connectivity index (χ0v) is 10.9. The minimum absolute atomic E-state index is 0.0997. The van der Waals surface area contributed by atoms with E-state index in [1.54, 1.807) is 5.48 Å². The number of sulfonamides is 2. The van der Waals surface area contributed by atoms with Crippen LogP contribution in [0.1, 0.15) is 10.4 Å². The zero-order valence-electron chi connectivity index (χ0n) is 8.45. The van der Waals surface area contributed by atoms with Crippen LogP contribution in [0, 0.1) is 0 Å². The van der Waals surface area contributed by atoms with Crippen molar-refractivity contribution in [2.45, 2.75) is 11.5 Å². The van der Waals surface area contributed by atoms with E-state index in [9.17, 15) is 16.8 Å². The smallest absolute Gasteiger partial charge is 0.214 e. The first-order valence-corrected chi connectivity index (χ1v) is 8.44. The van der Waals surface area contributed by atoms with E-state index < -0.39 is 31.6 Å². The Morgan fingerprint density at radius 1 is 1.18 bits per heavy atom. The third-order valence-corrected chi connectivity index (χ3v) is 4.37. The lowest BCUT2D eigenvalue weighted by Crippen LogP contribution is -2.18. The normalized spacial score (nSPS) is 12.6. The minimum atomic E-state index is -3.84. The molecule has 8 nitrogen and oxygen atoms in total. The number of hydrogen-bond donors (Lipinski definition) is 4. The molecule has 0 bridgehead atoms. The predicted molar refractivity (Wildman–Crippen MR) is 63.4 cm³/mol. The van der Waals surface area contributed by atoms with Crippen LogP contribution < -0.4 is 15.8 Å². The van der Waals surface area contributed by atoms with Gasteiger partial charge in [0.05, 0.1) is 17.2 Å². The first kappa shape index (κ1) is 14.3. The lowest BCUT2D eigenvalue weighted by molar-refractivity contribution is 0.388. The summed E-state index contributed by atoms with van der Waals surface area (Å²) in [5, 5.41) is 19.9. The summed E-state index contributed by atoms with van der Waals surface area (Å²) in [5.41, 5.74) is 1.98. The van der Waals surface area contributed by atoms with Crippen LogP contribution in [0.4, 0.5) is 5.69 Å². The Morgan fingerprint density at radius 2 is 1.71 bits per heavy atom. The second-order valence-corrected chi connectivity index (χ2v) is 7.47. The minimum Gasteiger partial charge on any atom is -0.291 e. The van der Waals surface area contributed by atoms with E-state index in [-0.39, 0.29) is 16.1 Å². The van der Waals surface area contributed by atoms with E-state index in [0.29, 0.717) is 0 Å². The zero-order chi connectivity index (χ0) is 13.3. The average Bonchev–Trinajstić information content (AvgIpc) is 2.43. The number of nitrogens with two attached hydrogens (primary N) is 2. The maximum Gasteiger partial charge on any atom is 0.214 e. The molecule has 11 heteroatoms. The molecule has 98 valence electrons. The van der Waals surface area contributed by atoms with Crippen LogP contribution in [0.3, 0.4) is 0 Å². The molecule has 0 unspecified atom stereocenters. The van der Waals surface area contributed by atoms with Gasteiger partial charge in [-0.25, -0.2) is 27.1 Å². The standard InChI is InChI=1S/C6H11N3O5S3/c7-16(11,12)2-4-5(9-10)1-15-6(4)3-17(8,13)14/h1,9-10H,2-3H2,(H2,7,11,12)(H2,8,13,14). The van der Waals surface area contributed by atoms with Crippen LogP contribution in [0.2, 0.25) is 0 Å². The lowest BCUT2D eigenvalue weighted by Gasteiger charge is -2.04. The van der Waals surface area contributed by atoms with Gasteiger partial charge in [0.2, 0.25) is 20.0 Å². The van der Waals surface area contributed by atoms with E-state index in [0.717, 1.165) is 11.3 Å². The predicted octanol–water partition coefficient (Wildman–Crippen LogP) is -0.874. The van der Waals surface area contributed by atoms with E-state index in [2.05, 4.69) is 0 Å². The molecule has 0 aromatic carbocycles. The van der Waals surface area contributed by atoms with Crippen molar-refractivity contribution in [2.75, 3.05) is 5.48 Å². The van der Waals surface area contributed by atoms with Crippen molar-refractivity contribution in [3.63, 3.8) is 0 Å². The quantitative estimate of drug-likeness (QED) is 0.518. The molecule has 0 radical (unpaired) electrons. The molecule has 0 fully saturated rings. The first-order chi connectivity index (χ1) is 7.62. The molecule has 0 aliphatic carbocycles. The third-order valence-electron chi connectivity index (χ3n) is 1.78. The monoisotopic (exact) mass is 301 g/mol. The first-order valence-electron chi connectivity index (χ1n) is 4.12. The Labute approximate surface area is 102 Å². The summed E-state index contributed by atoms with van der Waals surface area (Å²) in [6, 6.07) is 0. The van der Waals surface area contributed by atoms with Gasteiger partial charge in [-0.3, -0.25) is 10.7 Å². The molecule has 6 N–H and O–H groups in total. The molecular formula is C6H11N3O5S3. The van der Waals surface area contributed by atoms with Gasteiger partial charge in [0, 0.05) is 15.8 Å². The number of hydrogen-bond acceptors (Lipinski definition) is 7. The molecule has 0 saturated carbocycles. The Balaban J connectivity index is 3.19. The number of nitrogens with one attached hydrogen (secondary N) is 1. The van der Waals surface area contributed by atoms with Crippen LogP contribution in [-0.2, 0) is 31.6 Å². The summed E-state index contributed by atoms with van der Waals surface area (Å²) in [5.74, 6) is -1.09. The van der Waals surface area contributed by atoms with Gasteiger partial charge in [-0.2, -0.15) is 0 Å². The fourth-order valence-corrected chi connectivity index (χ4v) is 4.09. The van der Waals surface area contributed by atoms with E-state index >= 15 is 0 Å². The van der Waals surface area contributed by atoms with E-state index in [1.807, 2.05) is 0 Å². The van der Waals surface area contributed by atoms with Gasteiger partial charge < -0.3 is 0 Å². The number of primary sulfonamides is 2. The molecule has 17 heavy (non-hydrogen) atoms. The molecule has 1 rings (SSSR count). The van der Waals surface area contributed by atoms with Crippen molar-refractivity contribution < 1.29 is 22.0 Å². The molecule has 0 saturated heterocycles. The summed E-state index contributed by atoms with van der Waals surface area (Å²) >= 11 is 0.967. The molecule has 0 amide bonds. The van der Waals surface area contributed by atoms with E-state index in [1.165, 1.54) is 5.38 Å². The van der Waals surface area contributed by atoms with Crippen molar-refractivity contribution in [3.05, 3.63) is 15.8 Å². The van der Waals surface area contributed by atoms with Crippen LogP contribution in [0.5, 0.6) is 0 Å². The van der Waals surface area contributed by atoms with Crippen LogP contribution in [-0.4, -0.2) is 22.0 Å². The maximum absolute atomic E-state index is 11.0.